The summed E-state index contributed by atoms with van der Waals surface area (Å²) >= 11 is 0. The van der Waals surface area contributed by atoms with Crippen molar-refractivity contribution in [3.8, 4) is 0 Å². The average molecular weight is 524 g/mol. The third kappa shape index (κ3) is 7.38. The number of nitrogens with two attached hydrogens (primary N) is 1. The molecular weight excluding hydrogens is 494 g/mol. The molecule has 200 valence electrons. The van der Waals surface area contributed by atoms with Crippen LogP contribution in [0.2, 0.25) is 0 Å². The topological polar surface area (TPSA) is 203 Å². The van der Waals surface area contributed by atoms with Crippen molar-refractivity contribution < 1.29 is 34.2 Å². The number of nitrogen functional groups attached to an aromatic ring is 1. The first kappa shape index (κ1) is 27.8. The lowest BCUT2D eigenvalue weighted by Crippen LogP contribution is -2.54. The predicted octanol–water partition coefficient (Wildman–Crippen LogP) is 0.204. The standard InChI is InChI=1S/C26H29N5O7/c27-22(28)16-6-8-17(9-7-16)25(36)31-11-10-18(14-31)23(34)29-19(13-21(32)33)24(35)30-20(26(37)38)12-15-4-2-1-3-5-15/h1-9,18-20H,10-14H2,(H3,27,28)(H,29,34)(H,30,35)(H,32,33)(H,37,38)/t18?,19-,20-/m0/s1. The van der Waals surface area contributed by atoms with E-state index in [0.717, 1.165) is 0 Å². The van der Waals surface area contributed by atoms with Crippen molar-refractivity contribution in [2.75, 3.05) is 13.1 Å². The number of hydrogen-bond donors (Lipinski definition) is 6. The maximum atomic E-state index is 12.9. The van der Waals surface area contributed by atoms with Gasteiger partial charge in [-0.1, -0.05) is 42.5 Å². The van der Waals surface area contributed by atoms with E-state index < -0.39 is 48.2 Å². The van der Waals surface area contributed by atoms with Crippen molar-refractivity contribution in [2.45, 2.75) is 31.3 Å². The number of carbonyl (C=O) groups is 5. The van der Waals surface area contributed by atoms with Gasteiger partial charge in [-0.3, -0.25) is 24.6 Å². The van der Waals surface area contributed by atoms with E-state index in [9.17, 15) is 34.2 Å². The number of amidine groups is 1. The summed E-state index contributed by atoms with van der Waals surface area (Å²) in [6.45, 7) is 0.339. The lowest BCUT2D eigenvalue weighted by molar-refractivity contribution is -0.143. The fourth-order valence-electron chi connectivity index (χ4n) is 4.13. The first-order valence-electron chi connectivity index (χ1n) is 11.9. The van der Waals surface area contributed by atoms with Crippen LogP contribution < -0.4 is 16.4 Å². The Labute approximate surface area is 218 Å². The van der Waals surface area contributed by atoms with E-state index in [4.69, 9.17) is 11.1 Å². The van der Waals surface area contributed by atoms with E-state index in [1.807, 2.05) is 0 Å². The smallest absolute Gasteiger partial charge is 0.326 e. The van der Waals surface area contributed by atoms with Crippen LogP contribution in [0.4, 0.5) is 0 Å². The highest BCUT2D eigenvalue weighted by atomic mass is 16.4. The van der Waals surface area contributed by atoms with E-state index in [0.29, 0.717) is 23.1 Å². The molecule has 0 bridgehead atoms. The predicted molar refractivity (Wildman–Crippen MR) is 135 cm³/mol. The van der Waals surface area contributed by atoms with Crippen LogP contribution in [0, 0.1) is 11.3 Å². The Hall–Kier alpha value is -4.74. The molecule has 2 aromatic carbocycles. The zero-order valence-corrected chi connectivity index (χ0v) is 20.4. The number of likely N-dealkylation sites (tertiary alicyclic amines) is 1. The van der Waals surface area contributed by atoms with Gasteiger partial charge in [0, 0.05) is 30.6 Å². The number of benzene rings is 2. The summed E-state index contributed by atoms with van der Waals surface area (Å²) in [6.07, 6.45) is -0.466. The van der Waals surface area contributed by atoms with Crippen LogP contribution in [0.25, 0.3) is 0 Å². The highest BCUT2D eigenvalue weighted by Crippen LogP contribution is 2.20. The SMILES string of the molecule is N=C(N)c1ccc(C(=O)N2CCC(C(=O)N[C@@H](CC(=O)O)C(=O)N[C@@H](Cc3ccccc3)C(=O)O)C2)cc1. The van der Waals surface area contributed by atoms with E-state index in [2.05, 4.69) is 10.6 Å². The fourth-order valence-corrected chi connectivity index (χ4v) is 4.13. The number of rotatable bonds is 11. The summed E-state index contributed by atoms with van der Waals surface area (Å²) in [7, 11) is 0. The lowest BCUT2D eigenvalue weighted by atomic mass is 10.0. The van der Waals surface area contributed by atoms with Gasteiger partial charge in [0.2, 0.25) is 11.8 Å². The molecule has 3 atom stereocenters. The maximum absolute atomic E-state index is 12.9. The van der Waals surface area contributed by atoms with E-state index >= 15 is 0 Å². The highest BCUT2D eigenvalue weighted by Gasteiger charge is 2.35. The second-order valence-electron chi connectivity index (χ2n) is 8.98. The van der Waals surface area contributed by atoms with Gasteiger partial charge in [0.15, 0.2) is 0 Å². The van der Waals surface area contributed by atoms with Crippen molar-refractivity contribution >= 4 is 35.5 Å². The molecule has 12 heteroatoms. The van der Waals surface area contributed by atoms with Crippen molar-refractivity contribution in [1.82, 2.24) is 15.5 Å². The zero-order valence-electron chi connectivity index (χ0n) is 20.4. The molecule has 12 nitrogen and oxygen atoms in total. The molecule has 2 aromatic rings. The molecule has 0 aliphatic carbocycles. The molecule has 0 spiro atoms. The molecule has 0 saturated carbocycles. The minimum Gasteiger partial charge on any atom is -0.481 e. The molecule has 1 saturated heterocycles. The van der Waals surface area contributed by atoms with E-state index in [-0.39, 0.29) is 31.3 Å². The Morgan fingerprint density at radius 2 is 1.58 bits per heavy atom. The Bertz CT molecular complexity index is 1220. The molecule has 1 heterocycles. The van der Waals surface area contributed by atoms with E-state index in [1.54, 1.807) is 42.5 Å². The molecule has 0 aromatic heterocycles. The molecule has 3 amide bonds. The third-order valence-corrected chi connectivity index (χ3v) is 6.20. The van der Waals surface area contributed by atoms with Crippen LogP contribution in [0.15, 0.2) is 54.6 Å². The summed E-state index contributed by atoms with van der Waals surface area (Å²) in [5, 5.41) is 31.0. The zero-order chi connectivity index (χ0) is 27.8. The Morgan fingerprint density at radius 3 is 2.16 bits per heavy atom. The number of carbonyl (C=O) groups excluding carboxylic acids is 3. The largest absolute Gasteiger partial charge is 0.481 e. The number of nitrogens with zero attached hydrogens (tertiary/aromatic N) is 1. The van der Waals surface area contributed by atoms with Gasteiger partial charge < -0.3 is 31.5 Å². The van der Waals surface area contributed by atoms with Crippen LogP contribution in [-0.2, 0) is 25.6 Å². The second-order valence-corrected chi connectivity index (χ2v) is 8.98. The molecule has 1 unspecified atom stereocenters. The molecule has 38 heavy (non-hydrogen) atoms. The number of carboxylic acid groups (broad SMARTS) is 2. The first-order chi connectivity index (χ1) is 18.0. The van der Waals surface area contributed by atoms with Gasteiger partial charge >= 0.3 is 11.9 Å². The number of aliphatic carboxylic acids is 2. The molecule has 0 radical (unpaired) electrons. The Balaban J connectivity index is 1.62. The summed E-state index contributed by atoms with van der Waals surface area (Å²) in [4.78, 5) is 63.1. The highest BCUT2D eigenvalue weighted by molar-refractivity contribution is 5.99. The summed E-state index contributed by atoms with van der Waals surface area (Å²) in [5.74, 6) is -5.32. The van der Waals surface area contributed by atoms with Gasteiger partial charge in [0.05, 0.1) is 12.3 Å². The molecule has 1 aliphatic rings. The van der Waals surface area contributed by atoms with Crippen LogP contribution in [0.5, 0.6) is 0 Å². The molecule has 3 rings (SSSR count). The quantitative estimate of drug-likeness (QED) is 0.177. The number of amides is 3. The second kappa shape index (κ2) is 12.5. The number of carboxylic acids is 2. The molecular formula is C26H29N5O7. The molecule has 1 aliphatic heterocycles. The molecule has 1 fully saturated rings. The third-order valence-electron chi connectivity index (χ3n) is 6.20. The minimum atomic E-state index is -1.50. The fraction of sp³-hybridized carbons (Fsp3) is 0.308. The van der Waals surface area contributed by atoms with Crippen LogP contribution in [-0.4, -0.2) is 75.8 Å². The lowest BCUT2D eigenvalue weighted by Gasteiger charge is -2.22. The maximum Gasteiger partial charge on any atom is 0.326 e. The summed E-state index contributed by atoms with van der Waals surface area (Å²) < 4.78 is 0. The Kier molecular flexibility index (Phi) is 9.14. The normalized spacial score (nSPS) is 16.2. The van der Waals surface area contributed by atoms with Gasteiger partial charge in [-0.15, -0.1) is 0 Å². The van der Waals surface area contributed by atoms with Gasteiger partial charge in [0.1, 0.15) is 17.9 Å². The van der Waals surface area contributed by atoms with Gasteiger partial charge in [-0.25, -0.2) is 4.79 Å². The van der Waals surface area contributed by atoms with Gasteiger partial charge in [-0.05, 0) is 24.1 Å². The van der Waals surface area contributed by atoms with Crippen LogP contribution in [0.3, 0.4) is 0 Å². The van der Waals surface area contributed by atoms with Gasteiger partial charge in [0.25, 0.3) is 5.91 Å². The Morgan fingerprint density at radius 1 is 0.947 bits per heavy atom. The van der Waals surface area contributed by atoms with Crippen molar-refractivity contribution in [1.29, 1.82) is 5.41 Å². The minimum absolute atomic E-state index is 0.0251. The summed E-state index contributed by atoms with van der Waals surface area (Å²) in [5.41, 5.74) is 6.92. The van der Waals surface area contributed by atoms with Crippen molar-refractivity contribution in [2.24, 2.45) is 11.7 Å². The van der Waals surface area contributed by atoms with Gasteiger partial charge in [-0.2, -0.15) is 0 Å². The van der Waals surface area contributed by atoms with Crippen LogP contribution >= 0.6 is 0 Å². The number of hydrogen-bond acceptors (Lipinski definition) is 6. The number of nitrogens with one attached hydrogen (secondary N) is 3. The molecule has 7 N–H and O–H groups in total. The monoisotopic (exact) mass is 523 g/mol. The van der Waals surface area contributed by atoms with Crippen molar-refractivity contribution in [3.05, 3.63) is 71.3 Å². The average Bonchev–Trinajstić information content (AvgIpc) is 3.38. The summed E-state index contributed by atoms with van der Waals surface area (Å²) in [6, 6.07) is 11.9. The first-order valence-corrected chi connectivity index (χ1v) is 11.9. The van der Waals surface area contributed by atoms with Crippen LogP contribution in [0.1, 0.15) is 34.3 Å². The van der Waals surface area contributed by atoms with Crippen molar-refractivity contribution in [3.63, 3.8) is 0 Å². The van der Waals surface area contributed by atoms with E-state index in [1.165, 1.54) is 17.0 Å².